The number of aromatic hydroxyl groups is 2. The Balaban J connectivity index is 1.71. The highest BCUT2D eigenvalue weighted by Gasteiger charge is 2.16. The summed E-state index contributed by atoms with van der Waals surface area (Å²) < 4.78 is 10.8. The molecule has 0 spiro atoms. The molecule has 0 aliphatic rings. The lowest BCUT2D eigenvalue weighted by molar-refractivity contribution is 0.0956. The lowest BCUT2D eigenvalue weighted by Gasteiger charge is -2.14. The van der Waals surface area contributed by atoms with Crippen LogP contribution in [0.4, 0.5) is 0 Å². The SMILES string of the molecule is COc1cc2cc(C(=O)NCCc3ccc(O)cc3)c3ccc(O)cc3c2cc1OC. The molecule has 0 aliphatic heterocycles. The van der Waals surface area contributed by atoms with Gasteiger partial charge in [-0.05, 0) is 82.1 Å². The molecule has 0 saturated heterocycles. The first-order valence-corrected chi connectivity index (χ1v) is 9.87. The van der Waals surface area contributed by atoms with E-state index in [4.69, 9.17) is 9.47 Å². The normalized spacial score (nSPS) is 10.9. The van der Waals surface area contributed by atoms with Crippen LogP contribution in [0.1, 0.15) is 15.9 Å². The lowest BCUT2D eigenvalue weighted by atomic mass is 9.96. The lowest BCUT2D eigenvalue weighted by Crippen LogP contribution is -2.25. The molecule has 0 unspecified atom stereocenters. The first kappa shape index (κ1) is 20.3. The summed E-state index contributed by atoms with van der Waals surface area (Å²) in [4.78, 5) is 13.0. The standard InChI is InChI=1S/C25H23NO5/c1-30-23-12-16-11-22(25(29)26-10-9-15-3-5-17(27)6-4-15)19-8-7-18(28)13-21(19)20(16)14-24(23)31-2/h3-8,11-14,27-28H,9-10H2,1-2H3,(H,26,29). The highest BCUT2D eigenvalue weighted by atomic mass is 16.5. The molecule has 1 amide bonds. The third-order valence-corrected chi connectivity index (χ3v) is 5.32. The van der Waals surface area contributed by atoms with E-state index in [1.54, 1.807) is 44.6 Å². The van der Waals surface area contributed by atoms with Gasteiger partial charge in [0.15, 0.2) is 11.5 Å². The second kappa shape index (κ2) is 8.44. The molecule has 0 bridgehead atoms. The van der Waals surface area contributed by atoms with E-state index in [0.29, 0.717) is 30.0 Å². The van der Waals surface area contributed by atoms with E-state index in [1.807, 2.05) is 30.3 Å². The molecule has 4 aromatic rings. The Bertz CT molecular complexity index is 1260. The predicted octanol–water partition coefficient (Wildman–Crippen LogP) is 4.39. The van der Waals surface area contributed by atoms with Gasteiger partial charge in [-0.2, -0.15) is 0 Å². The first-order valence-electron chi connectivity index (χ1n) is 9.87. The third-order valence-electron chi connectivity index (χ3n) is 5.32. The average molecular weight is 417 g/mol. The van der Waals surface area contributed by atoms with Gasteiger partial charge in [-0.1, -0.05) is 12.1 Å². The van der Waals surface area contributed by atoms with Gasteiger partial charge in [-0.3, -0.25) is 4.79 Å². The molecule has 0 atom stereocenters. The number of phenols is 2. The zero-order valence-electron chi connectivity index (χ0n) is 17.3. The Hall–Kier alpha value is -3.93. The third kappa shape index (κ3) is 4.05. The molecule has 0 saturated carbocycles. The smallest absolute Gasteiger partial charge is 0.251 e. The number of benzene rings is 4. The summed E-state index contributed by atoms with van der Waals surface area (Å²) in [6, 6.07) is 17.4. The van der Waals surface area contributed by atoms with Gasteiger partial charge in [-0.15, -0.1) is 0 Å². The van der Waals surface area contributed by atoms with Crippen LogP contribution < -0.4 is 14.8 Å². The Kier molecular flexibility index (Phi) is 5.54. The summed E-state index contributed by atoms with van der Waals surface area (Å²) >= 11 is 0. The summed E-state index contributed by atoms with van der Waals surface area (Å²) in [5, 5.41) is 25.6. The van der Waals surface area contributed by atoms with Crippen LogP contribution in [0.15, 0.2) is 60.7 Å². The van der Waals surface area contributed by atoms with Crippen molar-refractivity contribution >= 4 is 27.5 Å². The van der Waals surface area contributed by atoms with E-state index < -0.39 is 0 Å². The van der Waals surface area contributed by atoms with Gasteiger partial charge in [0.05, 0.1) is 14.2 Å². The monoisotopic (exact) mass is 417 g/mol. The van der Waals surface area contributed by atoms with E-state index in [2.05, 4.69) is 5.32 Å². The van der Waals surface area contributed by atoms with E-state index in [9.17, 15) is 15.0 Å². The molecule has 3 N–H and O–H groups in total. The maximum atomic E-state index is 13.0. The van der Waals surface area contributed by atoms with Crippen molar-refractivity contribution in [3.05, 3.63) is 71.8 Å². The van der Waals surface area contributed by atoms with Crippen molar-refractivity contribution in [1.82, 2.24) is 5.32 Å². The molecule has 0 heterocycles. The van der Waals surface area contributed by atoms with Crippen LogP contribution in [0.3, 0.4) is 0 Å². The zero-order valence-corrected chi connectivity index (χ0v) is 17.3. The molecule has 0 radical (unpaired) electrons. The maximum absolute atomic E-state index is 13.0. The molecule has 0 fully saturated rings. The number of carbonyl (C=O) groups is 1. The zero-order chi connectivity index (χ0) is 22.0. The molecule has 31 heavy (non-hydrogen) atoms. The average Bonchev–Trinajstić information content (AvgIpc) is 2.78. The highest BCUT2D eigenvalue weighted by molar-refractivity contribution is 6.18. The number of fused-ring (bicyclic) bond motifs is 3. The molecule has 4 rings (SSSR count). The quantitative estimate of drug-likeness (QED) is 0.405. The van der Waals surface area contributed by atoms with E-state index in [-0.39, 0.29) is 17.4 Å². The van der Waals surface area contributed by atoms with Gasteiger partial charge < -0.3 is 25.0 Å². The molecular formula is C25H23NO5. The van der Waals surface area contributed by atoms with Gasteiger partial charge in [0.1, 0.15) is 11.5 Å². The van der Waals surface area contributed by atoms with E-state index in [0.717, 1.165) is 27.1 Å². The minimum atomic E-state index is -0.203. The Morgan fingerprint density at radius 2 is 1.48 bits per heavy atom. The first-order chi connectivity index (χ1) is 15.0. The number of amides is 1. The van der Waals surface area contributed by atoms with Crippen LogP contribution in [0.25, 0.3) is 21.5 Å². The summed E-state index contributed by atoms with van der Waals surface area (Å²) in [5.41, 5.74) is 1.53. The summed E-state index contributed by atoms with van der Waals surface area (Å²) in [5.74, 6) is 1.27. The number of rotatable bonds is 6. The summed E-state index contributed by atoms with van der Waals surface area (Å²) in [7, 11) is 3.13. The Labute approximate surface area is 179 Å². The van der Waals surface area contributed by atoms with E-state index in [1.165, 1.54) is 0 Å². The number of ether oxygens (including phenoxy) is 2. The molecule has 6 heteroatoms. The fourth-order valence-corrected chi connectivity index (χ4v) is 3.74. The van der Waals surface area contributed by atoms with Gasteiger partial charge in [0.25, 0.3) is 5.91 Å². The highest BCUT2D eigenvalue weighted by Crippen LogP contribution is 2.38. The van der Waals surface area contributed by atoms with Gasteiger partial charge >= 0.3 is 0 Å². The number of hydrogen-bond acceptors (Lipinski definition) is 5. The second-order valence-corrected chi connectivity index (χ2v) is 7.25. The largest absolute Gasteiger partial charge is 0.508 e. The summed E-state index contributed by atoms with van der Waals surface area (Å²) in [6.07, 6.45) is 0.642. The molecule has 4 aromatic carbocycles. The van der Waals surface area contributed by atoms with Crippen molar-refractivity contribution in [1.29, 1.82) is 0 Å². The number of methoxy groups -OCH3 is 2. The van der Waals surface area contributed by atoms with Crippen molar-refractivity contribution in [2.75, 3.05) is 20.8 Å². The Morgan fingerprint density at radius 3 is 2.19 bits per heavy atom. The fourth-order valence-electron chi connectivity index (χ4n) is 3.74. The van der Waals surface area contributed by atoms with Crippen molar-refractivity contribution < 1.29 is 24.5 Å². The molecule has 6 nitrogen and oxygen atoms in total. The van der Waals surface area contributed by atoms with Crippen molar-refractivity contribution in [2.45, 2.75) is 6.42 Å². The molecule has 158 valence electrons. The van der Waals surface area contributed by atoms with Gasteiger partial charge in [0, 0.05) is 12.1 Å². The van der Waals surface area contributed by atoms with Gasteiger partial charge in [0.2, 0.25) is 0 Å². The molecule has 0 aliphatic carbocycles. The molecular weight excluding hydrogens is 394 g/mol. The maximum Gasteiger partial charge on any atom is 0.251 e. The number of carbonyl (C=O) groups excluding carboxylic acids is 1. The second-order valence-electron chi connectivity index (χ2n) is 7.25. The van der Waals surface area contributed by atoms with Crippen molar-refractivity contribution in [3.63, 3.8) is 0 Å². The number of phenolic OH excluding ortho intramolecular Hbond substituents is 2. The van der Waals surface area contributed by atoms with Gasteiger partial charge in [-0.25, -0.2) is 0 Å². The van der Waals surface area contributed by atoms with Crippen LogP contribution in [0.2, 0.25) is 0 Å². The van der Waals surface area contributed by atoms with E-state index >= 15 is 0 Å². The number of hydrogen-bond donors (Lipinski definition) is 3. The van der Waals surface area contributed by atoms with Crippen LogP contribution in [-0.4, -0.2) is 36.9 Å². The van der Waals surface area contributed by atoms with Crippen molar-refractivity contribution in [3.8, 4) is 23.0 Å². The molecule has 0 aromatic heterocycles. The van der Waals surface area contributed by atoms with Crippen LogP contribution >= 0.6 is 0 Å². The topological polar surface area (TPSA) is 88.0 Å². The van der Waals surface area contributed by atoms with Crippen LogP contribution in [0.5, 0.6) is 23.0 Å². The van der Waals surface area contributed by atoms with Crippen LogP contribution in [0, 0.1) is 0 Å². The minimum Gasteiger partial charge on any atom is -0.508 e. The summed E-state index contributed by atoms with van der Waals surface area (Å²) in [6.45, 7) is 0.452. The predicted molar refractivity (Wildman–Crippen MR) is 120 cm³/mol. The van der Waals surface area contributed by atoms with Crippen LogP contribution in [-0.2, 0) is 6.42 Å². The van der Waals surface area contributed by atoms with Crippen molar-refractivity contribution in [2.24, 2.45) is 0 Å². The minimum absolute atomic E-state index is 0.119. The fraction of sp³-hybridized carbons (Fsp3) is 0.160. The Morgan fingerprint density at radius 1 is 0.806 bits per heavy atom. The number of nitrogens with one attached hydrogen (secondary N) is 1.